The van der Waals surface area contributed by atoms with Crippen LogP contribution in [-0.2, 0) is 13.0 Å². The lowest BCUT2D eigenvalue weighted by Crippen LogP contribution is -2.12. The number of likely N-dealkylation sites (N-methyl/N-ethyl adjacent to an activating group) is 1. The van der Waals surface area contributed by atoms with Gasteiger partial charge in [-0.25, -0.2) is 0 Å². The van der Waals surface area contributed by atoms with Crippen LogP contribution in [0.5, 0.6) is 0 Å². The van der Waals surface area contributed by atoms with E-state index in [-0.39, 0.29) is 10.6 Å². The van der Waals surface area contributed by atoms with Gasteiger partial charge < -0.3 is 10.2 Å². The van der Waals surface area contributed by atoms with Crippen LogP contribution in [-0.4, -0.2) is 18.5 Å². The van der Waals surface area contributed by atoms with Gasteiger partial charge in [-0.05, 0) is 29.7 Å². The van der Waals surface area contributed by atoms with Gasteiger partial charge in [0.05, 0.1) is 4.92 Å². The summed E-state index contributed by atoms with van der Waals surface area (Å²) in [5.41, 5.74) is 4.73. The van der Waals surface area contributed by atoms with Crippen LogP contribution in [0, 0.1) is 10.1 Å². The molecule has 0 aromatic heterocycles. The maximum Gasteiger partial charge on any atom is 0.271 e. The molecule has 0 bridgehead atoms. The van der Waals surface area contributed by atoms with Crippen molar-refractivity contribution in [1.29, 1.82) is 0 Å². The average Bonchev–Trinajstić information content (AvgIpc) is 2.86. The molecular weight excluding hydrogens is 266 g/mol. The van der Waals surface area contributed by atoms with Crippen molar-refractivity contribution in [2.24, 2.45) is 0 Å². The molecule has 1 aliphatic rings. The second-order valence-electron chi connectivity index (χ2n) is 5.30. The topological polar surface area (TPSA) is 58.4 Å². The number of rotatable bonds is 4. The Morgan fingerprint density at radius 2 is 2.14 bits per heavy atom. The molecule has 0 amide bonds. The van der Waals surface area contributed by atoms with E-state index in [1.807, 2.05) is 6.07 Å². The smallest absolute Gasteiger partial charge is 0.271 e. The maximum atomic E-state index is 10.8. The lowest BCUT2D eigenvalue weighted by molar-refractivity contribution is -0.384. The van der Waals surface area contributed by atoms with E-state index in [0.29, 0.717) is 6.54 Å². The molecule has 0 aliphatic carbocycles. The predicted molar refractivity (Wildman–Crippen MR) is 83.8 cm³/mol. The quantitative estimate of drug-likeness (QED) is 0.691. The van der Waals surface area contributed by atoms with Crippen LogP contribution >= 0.6 is 0 Å². The van der Waals surface area contributed by atoms with E-state index in [1.54, 1.807) is 12.1 Å². The first kappa shape index (κ1) is 13.4. The van der Waals surface area contributed by atoms with Gasteiger partial charge in [0, 0.05) is 43.6 Å². The Morgan fingerprint density at radius 1 is 1.29 bits per heavy atom. The van der Waals surface area contributed by atoms with Crippen molar-refractivity contribution in [2.75, 3.05) is 23.8 Å². The molecule has 1 heterocycles. The summed E-state index contributed by atoms with van der Waals surface area (Å²) < 4.78 is 0. The van der Waals surface area contributed by atoms with Crippen molar-refractivity contribution in [3.63, 3.8) is 0 Å². The first-order chi connectivity index (χ1) is 10.1. The van der Waals surface area contributed by atoms with E-state index >= 15 is 0 Å². The van der Waals surface area contributed by atoms with E-state index in [1.165, 1.54) is 22.9 Å². The van der Waals surface area contributed by atoms with Crippen LogP contribution in [0.4, 0.5) is 17.1 Å². The van der Waals surface area contributed by atoms with E-state index in [0.717, 1.165) is 18.7 Å². The van der Waals surface area contributed by atoms with Gasteiger partial charge in [0.2, 0.25) is 0 Å². The highest BCUT2D eigenvalue weighted by molar-refractivity contribution is 5.59. The zero-order chi connectivity index (χ0) is 14.8. The first-order valence-corrected chi connectivity index (χ1v) is 6.95. The van der Waals surface area contributed by atoms with Crippen molar-refractivity contribution in [2.45, 2.75) is 13.0 Å². The largest absolute Gasteiger partial charge is 0.381 e. The minimum Gasteiger partial charge on any atom is -0.381 e. The Labute approximate surface area is 123 Å². The molecule has 0 saturated heterocycles. The minimum absolute atomic E-state index is 0.107. The Bertz CT molecular complexity index is 685. The number of fused-ring (bicyclic) bond motifs is 1. The summed E-state index contributed by atoms with van der Waals surface area (Å²) in [6.07, 6.45) is 1.08. The van der Waals surface area contributed by atoms with E-state index in [4.69, 9.17) is 0 Å². The molecule has 0 unspecified atom stereocenters. The van der Waals surface area contributed by atoms with Gasteiger partial charge in [0.15, 0.2) is 0 Å². The van der Waals surface area contributed by atoms with Crippen LogP contribution < -0.4 is 10.2 Å². The van der Waals surface area contributed by atoms with Gasteiger partial charge in [0.25, 0.3) is 5.69 Å². The summed E-state index contributed by atoms with van der Waals surface area (Å²) in [5, 5.41) is 14.0. The summed E-state index contributed by atoms with van der Waals surface area (Å²) in [6.45, 7) is 1.73. The van der Waals surface area contributed by atoms with Gasteiger partial charge in [-0.15, -0.1) is 0 Å². The Balaban J connectivity index is 1.71. The number of nitro groups is 1. The molecule has 0 atom stereocenters. The lowest BCUT2D eigenvalue weighted by Gasteiger charge is -2.12. The first-order valence-electron chi connectivity index (χ1n) is 6.95. The fraction of sp³-hybridized carbons (Fsp3) is 0.250. The fourth-order valence-electron chi connectivity index (χ4n) is 2.66. The molecule has 2 aromatic rings. The number of nitrogens with zero attached hydrogens (tertiary/aromatic N) is 2. The van der Waals surface area contributed by atoms with E-state index in [9.17, 15) is 10.1 Å². The zero-order valence-corrected chi connectivity index (χ0v) is 11.9. The SMILES string of the molecule is CN1CCc2cc(CNc3cccc([N+](=O)[O-])c3)ccc21. The highest BCUT2D eigenvalue weighted by atomic mass is 16.6. The number of nitro benzene ring substituents is 1. The third kappa shape index (κ3) is 2.81. The van der Waals surface area contributed by atoms with Gasteiger partial charge in [-0.1, -0.05) is 18.2 Å². The monoisotopic (exact) mass is 283 g/mol. The molecule has 0 fully saturated rings. The predicted octanol–water partition coefficient (Wildman–Crippen LogP) is 3.20. The number of nitrogens with one attached hydrogen (secondary N) is 1. The molecule has 0 radical (unpaired) electrons. The Morgan fingerprint density at radius 3 is 2.95 bits per heavy atom. The summed E-state index contributed by atoms with van der Waals surface area (Å²) in [7, 11) is 2.10. The van der Waals surface area contributed by atoms with E-state index < -0.39 is 0 Å². The minimum atomic E-state index is -0.379. The lowest BCUT2D eigenvalue weighted by atomic mass is 10.1. The number of benzene rings is 2. The second kappa shape index (κ2) is 5.44. The van der Waals surface area contributed by atoms with Gasteiger partial charge in [-0.3, -0.25) is 10.1 Å². The molecule has 5 nitrogen and oxygen atoms in total. The number of non-ortho nitro benzene ring substituents is 1. The molecule has 1 aliphatic heterocycles. The van der Waals surface area contributed by atoms with Crippen LogP contribution in [0.2, 0.25) is 0 Å². The molecule has 108 valence electrons. The Kier molecular flexibility index (Phi) is 3.48. The highest BCUT2D eigenvalue weighted by Gasteiger charge is 2.15. The third-order valence-electron chi connectivity index (χ3n) is 3.83. The van der Waals surface area contributed by atoms with Crippen molar-refractivity contribution in [1.82, 2.24) is 0 Å². The summed E-state index contributed by atoms with van der Waals surface area (Å²) in [5.74, 6) is 0. The molecule has 5 heteroatoms. The summed E-state index contributed by atoms with van der Waals surface area (Å²) in [6, 6.07) is 13.0. The molecular formula is C16H17N3O2. The van der Waals surface area contributed by atoms with E-state index in [2.05, 4.69) is 35.5 Å². The van der Waals surface area contributed by atoms with Crippen LogP contribution in [0.3, 0.4) is 0 Å². The van der Waals surface area contributed by atoms with Gasteiger partial charge in [0.1, 0.15) is 0 Å². The standard InChI is InChI=1S/C16H17N3O2/c1-18-8-7-13-9-12(5-6-16(13)18)11-17-14-3-2-4-15(10-14)19(20)21/h2-6,9-10,17H,7-8,11H2,1H3. The molecule has 21 heavy (non-hydrogen) atoms. The molecule has 2 aromatic carbocycles. The maximum absolute atomic E-state index is 10.8. The summed E-state index contributed by atoms with van der Waals surface area (Å²) in [4.78, 5) is 12.6. The average molecular weight is 283 g/mol. The van der Waals surface area contributed by atoms with Crippen LogP contribution in [0.1, 0.15) is 11.1 Å². The van der Waals surface area contributed by atoms with Crippen molar-refractivity contribution in [3.05, 3.63) is 63.7 Å². The molecule has 0 spiro atoms. The number of hydrogen-bond donors (Lipinski definition) is 1. The normalized spacial score (nSPS) is 13.1. The van der Waals surface area contributed by atoms with Crippen LogP contribution in [0.25, 0.3) is 0 Å². The number of anilines is 2. The number of hydrogen-bond acceptors (Lipinski definition) is 4. The molecule has 1 N–H and O–H groups in total. The fourth-order valence-corrected chi connectivity index (χ4v) is 2.66. The van der Waals surface area contributed by atoms with Crippen LogP contribution in [0.15, 0.2) is 42.5 Å². The highest BCUT2D eigenvalue weighted by Crippen LogP contribution is 2.27. The zero-order valence-electron chi connectivity index (χ0n) is 11.9. The van der Waals surface area contributed by atoms with Gasteiger partial charge >= 0.3 is 0 Å². The Hall–Kier alpha value is -2.56. The van der Waals surface area contributed by atoms with Gasteiger partial charge in [-0.2, -0.15) is 0 Å². The molecule has 3 rings (SSSR count). The summed E-state index contributed by atoms with van der Waals surface area (Å²) >= 11 is 0. The van der Waals surface area contributed by atoms with Crippen molar-refractivity contribution >= 4 is 17.1 Å². The second-order valence-corrected chi connectivity index (χ2v) is 5.30. The van der Waals surface area contributed by atoms with Crippen molar-refractivity contribution in [3.8, 4) is 0 Å². The molecule has 0 saturated carbocycles. The van der Waals surface area contributed by atoms with Crippen molar-refractivity contribution < 1.29 is 4.92 Å². The third-order valence-corrected chi connectivity index (χ3v) is 3.83.